The average Bonchev–Trinajstić information content (AvgIpc) is 3.45. The molecule has 0 saturated carbocycles. The second kappa shape index (κ2) is 8.10. The standard InChI is InChI=1S/C24H29FO3S/c25-20-6-4-19(5-7-20)23(9-12-28-24(16-23)10-11-26-17-24)8-2-1-3-22-21-14-27-13-18(21)15-29-22/h4-7,15H,1-3,8-14,16-17H2/t23-,24-/m1/s1. The average molecular weight is 417 g/mol. The van der Waals surface area contributed by atoms with Crippen LogP contribution in [0.15, 0.2) is 29.6 Å². The summed E-state index contributed by atoms with van der Waals surface area (Å²) in [4.78, 5) is 1.50. The van der Waals surface area contributed by atoms with Crippen LogP contribution in [0.2, 0.25) is 0 Å². The molecule has 1 aromatic heterocycles. The summed E-state index contributed by atoms with van der Waals surface area (Å²) in [6, 6.07) is 7.21. The molecule has 0 aliphatic carbocycles. The quantitative estimate of drug-likeness (QED) is 0.579. The van der Waals surface area contributed by atoms with Gasteiger partial charge in [0.1, 0.15) is 5.82 Å². The summed E-state index contributed by atoms with van der Waals surface area (Å²) in [6.45, 7) is 3.80. The van der Waals surface area contributed by atoms with E-state index in [2.05, 4.69) is 5.38 Å². The summed E-state index contributed by atoms with van der Waals surface area (Å²) in [7, 11) is 0. The summed E-state index contributed by atoms with van der Waals surface area (Å²) in [5.74, 6) is -0.163. The lowest BCUT2D eigenvalue weighted by Crippen LogP contribution is -2.48. The Morgan fingerprint density at radius 1 is 1.00 bits per heavy atom. The molecule has 1 aromatic carbocycles. The van der Waals surface area contributed by atoms with Gasteiger partial charge in [-0.25, -0.2) is 4.39 Å². The van der Waals surface area contributed by atoms with Gasteiger partial charge in [-0.05, 0) is 66.3 Å². The van der Waals surface area contributed by atoms with E-state index in [9.17, 15) is 4.39 Å². The third kappa shape index (κ3) is 3.90. The van der Waals surface area contributed by atoms with E-state index >= 15 is 0 Å². The molecule has 0 bridgehead atoms. The minimum absolute atomic E-state index is 0.0557. The molecule has 2 aromatic rings. The Kier molecular flexibility index (Phi) is 5.50. The maximum atomic E-state index is 13.6. The number of hydrogen-bond acceptors (Lipinski definition) is 4. The van der Waals surface area contributed by atoms with Gasteiger partial charge in [-0.15, -0.1) is 11.3 Å². The Labute approximate surface area is 176 Å². The van der Waals surface area contributed by atoms with Crippen LogP contribution in [-0.4, -0.2) is 25.4 Å². The van der Waals surface area contributed by atoms with E-state index in [1.165, 1.54) is 34.4 Å². The molecule has 3 aliphatic heterocycles. The minimum Gasteiger partial charge on any atom is -0.378 e. The van der Waals surface area contributed by atoms with E-state index in [1.54, 1.807) is 12.1 Å². The summed E-state index contributed by atoms with van der Waals surface area (Å²) in [5.41, 5.74) is 3.99. The van der Waals surface area contributed by atoms with E-state index in [4.69, 9.17) is 14.2 Å². The molecule has 29 heavy (non-hydrogen) atoms. The van der Waals surface area contributed by atoms with Crippen LogP contribution in [0.25, 0.3) is 0 Å². The molecular formula is C24H29FO3S. The molecule has 2 atom stereocenters. The molecule has 0 amide bonds. The van der Waals surface area contributed by atoms with Crippen molar-refractivity contribution >= 4 is 11.3 Å². The van der Waals surface area contributed by atoms with Crippen molar-refractivity contribution < 1.29 is 18.6 Å². The number of fused-ring (bicyclic) bond motifs is 1. The summed E-state index contributed by atoms with van der Waals surface area (Å²) in [5, 5.41) is 2.26. The van der Waals surface area contributed by atoms with Gasteiger partial charge in [0.15, 0.2) is 0 Å². The first-order chi connectivity index (χ1) is 14.2. The SMILES string of the molecule is Fc1ccc([C@]2(CCCCc3scc4c3COC4)CCO[C@]3(CCOC3)C2)cc1. The molecule has 1 spiro atoms. The van der Waals surface area contributed by atoms with Crippen molar-refractivity contribution in [2.24, 2.45) is 0 Å². The zero-order chi connectivity index (χ0) is 19.7. The van der Waals surface area contributed by atoms with E-state index in [1.807, 2.05) is 23.5 Å². The van der Waals surface area contributed by atoms with Gasteiger partial charge in [-0.2, -0.15) is 0 Å². The maximum Gasteiger partial charge on any atom is 0.123 e. The third-order valence-corrected chi connectivity index (χ3v) is 8.19. The Bertz CT molecular complexity index is 840. The van der Waals surface area contributed by atoms with Gasteiger partial charge < -0.3 is 14.2 Å². The number of unbranched alkanes of at least 4 members (excludes halogenated alkanes) is 1. The number of hydrogen-bond donors (Lipinski definition) is 0. The van der Waals surface area contributed by atoms with Crippen LogP contribution in [0, 0.1) is 5.82 Å². The fourth-order valence-corrected chi connectivity index (χ4v) is 6.54. The van der Waals surface area contributed by atoms with Gasteiger partial charge >= 0.3 is 0 Å². The van der Waals surface area contributed by atoms with Gasteiger partial charge in [-0.3, -0.25) is 0 Å². The van der Waals surface area contributed by atoms with Crippen LogP contribution in [0.4, 0.5) is 4.39 Å². The van der Waals surface area contributed by atoms with Crippen LogP contribution in [0.3, 0.4) is 0 Å². The number of halogens is 1. The third-order valence-electron chi connectivity index (χ3n) is 7.05. The van der Waals surface area contributed by atoms with Gasteiger partial charge in [0, 0.05) is 29.9 Å². The lowest BCUT2D eigenvalue weighted by molar-refractivity contribution is -0.108. The highest BCUT2D eigenvalue weighted by Crippen LogP contribution is 2.48. The smallest absolute Gasteiger partial charge is 0.123 e. The molecule has 156 valence electrons. The number of aryl methyl sites for hydroxylation is 1. The molecule has 2 saturated heterocycles. The van der Waals surface area contributed by atoms with Crippen molar-refractivity contribution in [3.63, 3.8) is 0 Å². The van der Waals surface area contributed by atoms with Gasteiger partial charge in [0.25, 0.3) is 0 Å². The maximum absolute atomic E-state index is 13.6. The molecular weight excluding hydrogens is 387 g/mol. The first kappa shape index (κ1) is 19.7. The van der Waals surface area contributed by atoms with E-state index < -0.39 is 0 Å². The van der Waals surface area contributed by atoms with Crippen LogP contribution in [0.1, 0.15) is 60.1 Å². The molecule has 2 fully saturated rings. The molecule has 5 rings (SSSR count). The predicted molar refractivity (Wildman–Crippen MR) is 112 cm³/mol. The van der Waals surface area contributed by atoms with Crippen LogP contribution < -0.4 is 0 Å². The van der Waals surface area contributed by atoms with Gasteiger partial charge in [0.05, 0.1) is 25.4 Å². The van der Waals surface area contributed by atoms with E-state index in [-0.39, 0.29) is 16.8 Å². The first-order valence-electron chi connectivity index (χ1n) is 10.8. The number of ether oxygens (including phenoxy) is 3. The lowest BCUT2D eigenvalue weighted by atomic mass is 9.65. The van der Waals surface area contributed by atoms with Crippen molar-refractivity contribution in [2.45, 2.75) is 69.2 Å². The zero-order valence-corrected chi connectivity index (χ0v) is 17.7. The topological polar surface area (TPSA) is 27.7 Å². The van der Waals surface area contributed by atoms with Crippen LogP contribution >= 0.6 is 11.3 Å². The fraction of sp³-hybridized carbons (Fsp3) is 0.583. The zero-order valence-electron chi connectivity index (χ0n) is 16.9. The van der Waals surface area contributed by atoms with Gasteiger partial charge in [-0.1, -0.05) is 18.6 Å². The predicted octanol–water partition coefficient (Wildman–Crippen LogP) is 5.54. The minimum atomic E-state index is -0.163. The molecule has 4 heterocycles. The van der Waals surface area contributed by atoms with Crippen molar-refractivity contribution in [3.8, 4) is 0 Å². The summed E-state index contributed by atoms with van der Waals surface area (Å²) in [6.07, 6.45) is 7.55. The molecule has 3 nitrogen and oxygen atoms in total. The first-order valence-corrected chi connectivity index (χ1v) is 11.7. The Morgan fingerprint density at radius 2 is 1.90 bits per heavy atom. The highest BCUT2D eigenvalue weighted by atomic mass is 32.1. The normalized spacial score (nSPS) is 28.9. The molecule has 0 radical (unpaired) electrons. The second-order valence-corrected chi connectivity index (χ2v) is 9.87. The molecule has 0 N–H and O–H groups in total. The largest absolute Gasteiger partial charge is 0.378 e. The summed E-state index contributed by atoms with van der Waals surface area (Å²) < 4.78 is 31.1. The highest BCUT2D eigenvalue weighted by molar-refractivity contribution is 7.10. The Balaban J connectivity index is 1.30. The van der Waals surface area contributed by atoms with Crippen molar-refractivity contribution in [1.29, 1.82) is 0 Å². The highest BCUT2D eigenvalue weighted by Gasteiger charge is 2.48. The summed E-state index contributed by atoms with van der Waals surface area (Å²) >= 11 is 1.89. The molecule has 0 unspecified atom stereocenters. The molecule has 5 heteroatoms. The van der Waals surface area contributed by atoms with Crippen LogP contribution in [0.5, 0.6) is 0 Å². The van der Waals surface area contributed by atoms with Crippen molar-refractivity contribution in [1.82, 2.24) is 0 Å². The number of rotatable bonds is 6. The van der Waals surface area contributed by atoms with E-state index in [0.29, 0.717) is 6.61 Å². The second-order valence-electron chi connectivity index (χ2n) is 8.91. The van der Waals surface area contributed by atoms with Gasteiger partial charge in [0.2, 0.25) is 0 Å². The van der Waals surface area contributed by atoms with Crippen molar-refractivity contribution in [3.05, 3.63) is 57.0 Å². The number of thiophene rings is 1. The monoisotopic (exact) mass is 416 g/mol. The Morgan fingerprint density at radius 3 is 2.72 bits per heavy atom. The number of benzene rings is 1. The van der Waals surface area contributed by atoms with Crippen molar-refractivity contribution in [2.75, 3.05) is 19.8 Å². The van der Waals surface area contributed by atoms with Crippen LogP contribution in [-0.2, 0) is 39.3 Å². The fourth-order valence-electron chi connectivity index (χ4n) is 5.45. The van der Waals surface area contributed by atoms with E-state index in [0.717, 1.165) is 58.5 Å². The molecule has 3 aliphatic rings. The Hall–Kier alpha value is -1.27. The lowest BCUT2D eigenvalue weighted by Gasteiger charge is -2.46.